The fraction of sp³-hybridized carbons (Fsp3) is 0.115. The molecule has 6 aromatic carbocycles. The highest BCUT2D eigenvalue weighted by Crippen LogP contribution is 2.45. The van der Waals surface area contributed by atoms with Gasteiger partial charge in [0.05, 0.1) is 11.0 Å². The number of allylic oxidation sites excluding steroid dienone is 7. The summed E-state index contributed by atoms with van der Waals surface area (Å²) in [6, 6.07) is 45.5. The number of para-hydroxylation sites is 1. The molecule has 0 spiro atoms. The number of benzene rings is 6. The zero-order chi connectivity index (χ0) is 35.8. The molecule has 1 aliphatic heterocycles. The topological polar surface area (TPSA) is 8.17 Å². The van der Waals surface area contributed by atoms with E-state index in [0.717, 1.165) is 31.3 Å². The molecule has 7 aromatic rings. The summed E-state index contributed by atoms with van der Waals surface area (Å²) in [6.45, 7) is 4.57. The zero-order valence-electron chi connectivity index (χ0n) is 30.3. The molecule has 3 aliphatic carbocycles. The lowest BCUT2D eigenvalue weighted by Gasteiger charge is -2.39. The van der Waals surface area contributed by atoms with Gasteiger partial charge in [-0.15, -0.1) is 0 Å². The molecule has 0 N–H and O–H groups in total. The molecule has 54 heavy (non-hydrogen) atoms. The smallest absolute Gasteiger partial charge is 0.0541 e. The first kappa shape index (κ1) is 31.2. The lowest BCUT2D eigenvalue weighted by Crippen LogP contribution is -2.35. The molecule has 2 heterocycles. The van der Waals surface area contributed by atoms with Gasteiger partial charge in [-0.05, 0) is 112 Å². The maximum absolute atomic E-state index is 4.57. The summed E-state index contributed by atoms with van der Waals surface area (Å²) >= 11 is 0. The van der Waals surface area contributed by atoms with Crippen molar-refractivity contribution < 1.29 is 0 Å². The van der Waals surface area contributed by atoms with Crippen LogP contribution in [0.2, 0.25) is 0 Å². The molecule has 0 bridgehead atoms. The first-order valence-electron chi connectivity index (χ1n) is 19.4. The standard InChI is InChI=1S/C52H40N2/c1-34-11-8-9-30-53(40-24-27-42-39(31-40)21-26-44-41-15-4-2-13-36(41)20-25-45(42)44)49-28-22-37(32-47(34)49)38-23-29-52-48(33-38)46-17-6-7-18-51(46)54(52)50-19-10-14-35-12-3-5-16-43(35)50/h2-9,11-13,15-23,25-30,32-33,39-40H,1,10,14,24,31H2/b11-8-,30-9-. The molecule has 2 heteroatoms. The highest BCUT2D eigenvalue weighted by Gasteiger charge is 2.31. The molecular formula is C52H40N2. The fourth-order valence-electron chi connectivity index (χ4n) is 9.68. The second-order valence-electron chi connectivity index (χ2n) is 15.2. The van der Waals surface area contributed by atoms with Crippen LogP contribution in [0.5, 0.6) is 0 Å². The minimum Gasteiger partial charge on any atom is -0.344 e. The molecule has 11 rings (SSSR count). The van der Waals surface area contributed by atoms with Gasteiger partial charge >= 0.3 is 0 Å². The lowest BCUT2D eigenvalue weighted by atomic mass is 9.75. The van der Waals surface area contributed by atoms with Crippen LogP contribution in [0.15, 0.2) is 171 Å². The van der Waals surface area contributed by atoms with Crippen LogP contribution in [0.1, 0.15) is 47.1 Å². The Morgan fingerprint density at radius 1 is 0.630 bits per heavy atom. The van der Waals surface area contributed by atoms with E-state index in [1.165, 1.54) is 88.5 Å². The third-order valence-corrected chi connectivity index (χ3v) is 12.3. The molecule has 0 amide bonds. The molecule has 0 fully saturated rings. The van der Waals surface area contributed by atoms with Crippen LogP contribution in [-0.4, -0.2) is 10.6 Å². The summed E-state index contributed by atoms with van der Waals surface area (Å²) < 4.78 is 2.48. The second kappa shape index (κ2) is 12.4. The minimum absolute atomic E-state index is 0.340. The first-order valence-corrected chi connectivity index (χ1v) is 19.4. The average molecular weight is 693 g/mol. The van der Waals surface area contributed by atoms with Crippen molar-refractivity contribution in [2.24, 2.45) is 5.92 Å². The van der Waals surface area contributed by atoms with E-state index in [1.54, 1.807) is 0 Å². The third-order valence-electron chi connectivity index (χ3n) is 12.3. The second-order valence-corrected chi connectivity index (χ2v) is 15.2. The summed E-state index contributed by atoms with van der Waals surface area (Å²) in [5, 5.41) is 5.21. The lowest BCUT2D eigenvalue weighted by molar-refractivity contribution is 0.539. The summed E-state index contributed by atoms with van der Waals surface area (Å²) in [5.41, 5.74) is 16.6. The fourth-order valence-corrected chi connectivity index (χ4v) is 9.68. The Balaban J connectivity index is 0.968. The van der Waals surface area contributed by atoms with Gasteiger partial charge in [0.15, 0.2) is 0 Å². The van der Waals surface area contributed by atoms with Crippen LogP contribution in [0.4, 0.5) is 5.69 Å². The number of hydrogen-bond donors (Lipinski definition) is 0. The molecule has 0 saturated heterocycles. The van der Waals surface area contributed by atoms with Crippen LogP contribution >= 0.6 is 0 Å². The Morgan fingerprint density at radius 2 is 1.44 bits per heavy atom. The van der Waals surface area contributed by atoms with E-state index in [9.17, 15) is 0 Å². The number of anilines is 1. The van der Waals surface area contributed by atoms with E-state index >= 15 is 0 Å². The van der Waals surface area contributed by atoms with Gasteiger partial charge in [-0.2, -0.15) is 0 Å². The first-order chi connectivity index (χ1) is 26.7. The van der Waals surface area contributed by atoms with Crippen LogP contribution in [0, 0.1) is 5.92 Å². The quantitative estimate of drug-likeness (QED) is 0.179. The summed E-state index contributed by atoms with van der Waals surface area (Å²) in [7, 11) is 0. The molecule has 0 radical (unpaired) electrons. The number of aromatic nitrogens is 1. The molecular weight excluding hydrogens is 653 g/mol. The number of fused-ring (bicyclic) bond motifs is 10. The van der Waals surface area contributed by atoms with E-state index in [4.69, 9.17) is 0 Å². The molecule has 2 nitrogen and oxygen atoms in total. The van der Waals surface area contributed by atoms with Crippen molar-refractivity contribution in [2.45, 2.75) is 31.7 Å². The van der Waals surface area contributed by atoms with Crippen molar-refractivity contribution in [3.8, 4) is 11.1 Å². The summed E-state index contributed by atoms with van der Waals surface area (Å²) in [6.07, 6.45) is 22.7. The Morgan fingerprint density at radius 3 is 2.41 bits per heavy atom. The van der Waals surface area contributed by atoms with Gasteiger partial charge in [0, 0.05) is 51.4 Å². The van der Waals surface area contributed by atoms with Gasteiger partial charge in [0.2, 0.25) is 0 Å². The van der Waals surface area contributed by atoms with Crippen LogP contribution in [-0.2, 0) is 6.42 Å². The normalized spacial score (nSPS) is 20.0. The van der Waals surface area contributed by atoms with Crippen LogP contribution in [0.3, 0.4) is 0 Å². The van der Waals surface area contributed by atoms with Gasteiger partial charge in [0.1, 0.15) is 0 Å². The number of rotatable bonds is 3. The van der Waals surface area contributed by atoms with Crippen molar-refractivity contribution in [1.29, 1.82) is 0 Å². The van der Waals surface area contributed by atoms with Crippen molar-refractivity contribution in [2.75, 3.05) is 4.90 Å². The Labute approximate surface area is 316 Å². The maximum atomic E-state index is 4.57. The van der Waals surface area contributed by atoms with Gasteiger partial charge < -0.3 is 9.47 Å². The highest BCUT2D eigenvalue weighted by atomic mass is 15.1. The largest absolute Gasteiger partial charge is 0.344 e. The van der Waals surface area contributed by atoms with Gasteiger partial charge in [-0.3, -0.25) is 0 Å². The van der Waals surface area contributed by atoms with E-state index in [0.29, 0.717) is 12.0 Å². The van der Waals surface area contributed by atoms with Gasteiger partial charge in [-0.25, -0.2) is 0 Å². The number of aryl methyl sites for hydroxylation is 1. The predicted molar refractivity (Wildman–Crippen MR) is 230 cm³/mol. The van der Waals surface area contributed by atoms with Gasteiger partial charge in [-0.1, -0.05) is 134 Å². The summed E-state index contributed by atoms with van der Waals surface area (Å²) in [5.74, 6) is 0.393. The Kier molecular flexibility index (Phi) is 7.13. The van der Waals surface area contributed by atoms with E-state index < -0.39 is 0 Å². The van der Waals surface area contributed by atoms with Crippen molar-refractivity contribution in [1.82, 2.24) is 4.57 Å². The van der Waals surface area contributed by atoms with E-state index in [2.05, 4.69) is 186 Å². The van der Waals surface area contributed by atoms with Crippen molar-refractivity contribution >= 4 is 61.2 Å². The maximum Gasteiger partial charge on any atom is 0.0541 e. The van der Waals surface area contributed by atoms with Crippen molar-refractivity contribution in [3.05, 3.63) is 198 Å². The van der Waals surface area contributed by atoms with E-state index in [-0.39, 0.29) is 0 Å². The molecule has 4 aliphatic rings. The zero-order valence-corrected chi connectivity index (χ0v) is 30.3. The molecule has 0 saturated carbocycles. The predicted octanol–water partition coefficient (Wildman–Crippen LogP) is 13.2. The van der Waals surface area contributed by atoms with Crippen molar-refractivity contribution in [3.63, 3.8) is 0 Å². The average Bonchev–Trinajstić information content (AvgIpc) is 3.55. The number of hydrogen-bond acceptors (Lipinski definition) is 1. The molecule has 258 valence electrons. The highest BCUT2D eigenvalue weighted by molar-refractivity contribution is 6.12. The van der Waals surface area contributed by atoms with Gasteiger partial charge in [0.25, 0.3) is 0 Å². The van der Waals surface area contributed by atoms with Crippen LogP contribution < -0.4 is 4.90 Å². The third kappa shape index (κ3) is 4.87. The van der Waals surface area contributed by atoms with E-state index in [1.807, 2.05) is 0 Å². The minimum atomic E-state index is 0.340. The monoisotopic (exact) mass is 692 g/mol. The molecule has 1 aromatic heterocycles. The number of nitrogens with zero attached hydrogens (tertiary/aromatic N) is 2. The Hall–Kier alpha value is -6.38. The Bertz CT molecular complexity index is 2870. The summed E-state index contributed by atoms with van der Waals surface area (Å²) in [4.78, 5) is 2.51. The SMILES string of the molecule is C=C1/C=C\C=C/N(C2CC=C3c4ccc5ccccc5c4C=CC3C2)c2ccc(-c3ccc4c(c3)c3ccccc3n4C3=CCCc4ccccc43)cc21. The van der Waals surface area contributed by atoms with Crippen LogP contribution in [0.25, 0.3) is 66.6 Å². The molecule has 2 unspecified atom stereocenters. The molecule has 2 atom stereocenters.